The predicted octanol–water partition coefficient (Wildman–Crippen LogP) is 0.906. The van der Waals surface area contributed by atoms with Gasteiger partial charge in [-0.05, 0) is 23.8 Å². The molecule has 2 rings (SSSR count). The second-order valence-electron chi connectivity index (χ2n) is 3.45. The number of carbonyl (C=O) groups excluding carboxylic acids is 1. The van der Waals surface area contributed by atoms with Crippen molar-refractivity contribution in [3.05, 3.63) is 36.2 Å². The Labute approximate surface area is 108 Å². The van der Waals surface area contributed by atoms with Crippen LogP contribution in [0.4, 0.5) is 5.82 Å². The lowest BCUT2D eigenvalue weighted by Crippen LogP contribution is -2.18. The molecule has 2 N–H and O–H groups in total. The number of anilines is 1. The highest BCUT2D eigenvalue weighted by atomic mass is 16.6. The Morgan fingerprint density at radius 2 is 2.42 bits per heavy atom. The maximum Gasteiger partial charge on any atom is 0.363 e. The number of allylic oxidation sites excluding steroid dienone is 1. The van der Waals surface area contributed by atoms with Crippen molar-refractivity contribution in [1.82, 2.24) is 25.6 Å². The lowest BCUT2D eigenvalue weighted by atomic mass is 10.3. The van der Waals surface area contributed by atoms with E-state index in [9.17, 15) is 4.79 Å². The Balaban J connectivity index is 2.08. The lowest BCUT2D eigenvalue weighted by Gasteiger charge is -2.07. The fourth-order valence-electron chi connectivity index (χ4n) is 1.30. The van der Waals surface area contributed by atoms with Crippen LogP contribution in [0.3, 0.4) is 0 Å². The van der Waals surface area contributed by atoms with Gasteiger partial charge in [-0.15, -0.1) is 0 Å². The van der Waals surface area contributed by atoms with E-state index in [2.05, 4.69) is 30.9 Å². The van der Waals surface area contributed by atoms with E-state index in [-0.39, 0.29) is 11.7 Å². The number of nitrogens with one attached hydrogen (secondary N) is 2. The molecule has 0 aliphatic carbocycles. The molecular weight excluding hydrogens is 248 g/mol. The van der Waals surface area contributed by atoms with Gasteiger partial charge in [-0.3, -0.25) is 0 Å². The third kappa shape index (κ3) is 3.60. The predicted molar refractivity (Wildman–Crippen MR) is 66.0 cm³/mol. The molecule has 0 saturated carbocycles. The Morgan fingerprint density at radius 3 is 3.05 bits per heavy atom. The van der Waals surface area contributed by atoms with E-state index in [1.807, 2.05) is 13.0 Å². The summed E-state index contributed by atoms with van der Waals surface area (Å²) in [6, 6.07) is 5.20. The van der Waals surface area contributed by atoms with E-state index in [0.717, 1.165) is 0 Å². The summed E-state index contributed by atoms with van der Waals surface area (Å²) in [6.45, 7) is 1.90. The first-order valence-electron chi connectivity index (χ1n) is 5.63. The van der Waals surface area contributed by atoms with Crippen LogP contribution in [0.15, 0.2) is 36.2 Å². The van der Waals surface area contributed by atoms with Crippen molar-refractivity contribution >= 4 is 11.8 Å². The number of carbonyl (C=O) groups is 1. The largest absolute Gasteiger partial charge is 0.384 e. The Hall–Kier alpha value is -2.77. The molecule has 0 aromatic carbocycles. The summed E-state index contributed by atoms with van der Waals surface area (Å²) in [5.74, 6) is -0.0545. The SMILES string of the molecule is CCC=C(Nc1ccccn1)C(=O)Oc1nn[nH]n1. The molecule has 8 heteroatoms. The first kappa shape index (κ1) is 12.7. The van der Waals surface area contributed by atoms with Crippen molar-refractivity contribution in [3.8, 4) is 6.01 Å². The summed E-state index contributed by atoms with van der Waals surface area (Å²) >= 11 is 0. The fraction of sp³-hybridized carbons (Fsp3) is 0.182. The first-order valence-corrected chi connectivity index (χ1v) is 5.63. The second kappa shape index (κ2) is 6.24. The molecule has 0 aliphatic rings. The quantitative estimate of drug-likeness (QED) is 0.607. The van der Waals surface area contributed by atoms with Gasteiger partial charge in [0.25, 0.3) is 0 Å². The highest BCUT2D eigenvalue weighted by Gasteiger charge is 2.14. The summed E-state index contributed by atoms with van der Waals surface area (Å²) in [5.41, 5.74) is 0.269. The van der Waals surface area contributed by atoms with Gasteiger partial charge in [0.1, 0.15) is 11.5 Å². The van der Waals surface area contributed by atoms with Crippen molar-refractivity contribution in [3.63, 3.8) is 0 Å². The number of aromatic nitrogens is 5. The van der Waals surface area contributed by atoms with Gasteiger partial charge in [-0.1, -0.05) is 29.3 Å². The number of tetrazole rings is 1. The van der Waals surface area contributed by atoms with Gasteiger partial charge in [-0.2, -0.15) is 5.21 Å². The topological polar surface area (TPSA) is 106 Å². The molecule has 0 saturated heterocycles. The Morgan fingerprint density at radius 1 is 1.53 bits per heavy atom. The van der Waals surface area contributed by atoms with Crippen molar-refractivity contribution < 1.29 is 9.53 Å². The van der Waals surface area contributed by atoms with Gasteiger partial charge in [0.15, 0.2) is 0 Å². The minimum atomic E-state index is -0.603. The molecule has 0 fully saturated rings. The summed E-state index contributed by atoms with van der Waals surface area (Å²) in [4.78, 5) is 16.0. The molecule has 0 unspecified atom stereocenters. The van der Waals surface area contributed by atoms with E-state index < -0.39 is 5.97 Å². The number of rotatable bonds is 5. The van der Waals surface area contributed by atoms with Gasteiger partial charge in [0.05, 0.1) is 0 Å². The number of hydrogen-bond acceptors (Lipinski definition) is 7. The monoisotopic (exact) mass is 260 g/mol. The number of nitrogens with zero attached hydrogens (tertiary/aromatic N) is 4. The normalized spacial score (nSPS) is 11.1. The molecule has 2 heterocycles. The molecule has 0 aliphatic heterocycles. The van der Waals surface area contributed by atoms with Crippen LogP contribution in [0.1, 0.15) is 13.3 Å². The zero-order valence-corrected chi connectivity index (χ0v) is 10.2. The van der Waals surface area contributed by atoms with Crippen LogP contribution >= 0.6 is 0 Å². The molecule has 2 aromatic heterocycles. The standard InChI is InChI=1S/C11H12N6O2/c1-2-5-8(13-9-6-3-4-7-12-9)10(18)19-11-14-16-17-15-11/h3-7H,2H2,1H3,(H,12,13)(H,14,15,16,17). The van der Waals surface area contributed by atoms with Crippen molar-refractivity contribution in [2.24, 2.45) is 0 Å². The van der Waals surface area contributed by atoms with E-state index in [0.29, 0.717) is 12.2 Å². The summed E-state index contributed by atoms with van der Waals surface area (Å²) in [7, 11) is 0. The summed E-state index contributed by atoms with van der Waals surface area (Å²) in [6.07, 6.45) is 3.98. The molecule has 98 valence electrons. The van der Waals surface area contributed by atoms with Crippen LogP contribution in [-0.2, 0) is 4.79 Å². The van der Waals surface area contributed by atoms with Crippen LogP contribution in [0.2, 0.25) is 0 Å². The maximum atomic E-state index is 11.9. The molecule has 2 aromatic rings. The lowest BCUT2D eigenvalue weighted by molar-refractivity contribution is -0.130. The van der Waals surface area contributed by atoms with Gasteiger partial charge in [0, 0.05) is 6.20 Å². The van der Waals surface area contributed by atoms with Crippen LogP contribution in [0, 0.1) is 0 Å². The van der Waals surface area contributed by atoms with Crippen LogP contribution in [0.5, 0.6) is 6.01 Å². The Bertz CT molecular complexity index is 552. The summed E-state index contributed by atoms with van der Waals surface area (Å²) < 4.78 is 4.93. The second-order valence-corrected chi connectivity index (χ2v) is 3.45. The smallest absolute Gasteiger partial charge is 0.363 e. The highest BCUT2D eigenvalue weighted by molar-refractivity contribution is 5.92. The van der Waals surface area contributed by atoms with Crippen molar-refractivity contribution in [2.45, 2.75) is 13.3 Å². The molecular formula is C11H12N6O2. The number of ether oxygens (including phenoxy) is 1. The van der Waals surface area contributed by atoms with Crippen LogP contribution < -0.4 is 10.1 Å². The number of hydrogen-bond donors (Lipinski definition) is 2. The third-order valence-corrected chi connectivity index (χ3v) is 2.07. The first-order chi connectivity index (χ1) is 9.29. The van der Waals surface area contributed by atoms with E-state index in [4.69, 9.17) is 4.74 Å². The molecule has 0 atom stereocenters. The zero-order chi connectivity index (χ0) is 13.5. The van der Waals surface area contributed by atoms with Gasteiger partial charge >= 0.3 is 12.0 Å². The highest BCUT2D eigenvalue weighted by Crippen LogP contribution is 2.09. The zero-order valence-electron chi connectivity index (χ0n) is 10.2. The molecule has 0 radical (unpaired) electrons. The molecule has 0 amide bonds. The molecule has 0 spiro atoms. The number of esters is 1. The maximum absolute atomic E-state index is 11.9. The van der Waals surface area contributed by atoms with Crippen molar-refractivity contribution in [2.75, 3.05) is 5.32 Å². The molecule has 8 nitrogen and oxygen atoms in total. The number of pyridine rings is 1. The third-order valence-electron chi connectivity index (χ3n) is 2.07. The van der Waals surface area contributed by atoms with Crippen LogP contribution in [0.25, 0.3) is 0 Å². The average Bonchev–Trinajstić information content (AvgIpc) is 2.92. The van der Waals surface area contributed by atoms with Crippen LogP contribution in [-0.4, -0.2) is 31.6 Å². The minimum Gasteiger partial charge on any atom is -0.384 e. The number of H-pyrrole nitrogens is 1. The Kier molecular flexibility index (Phi) is 4.17. The van der Waals surface area contributed by atoms with Crippen molar-refractivity contribution in [1.29, 1.82) is 0 Å². The fourth-order valence-corrected chi connectivity index (χ4v) is 1.30. The van der Waals surface area contributed by atoms with Gasteiger partial charge in [-0.25, -0.2) is 9.78 Å². The minimum absolute atomic E-state index is 0.130. The van der Waals surface area contributed by atoms with Gasteiger partial charge in [0.2, 0.25) is 0 Å². The average molecular weight is 260 g/mol. The molecule has 0 bridgehead atoms. The summed E-state index contributed by atoms with van der Waals surface area (Å²) in [5, 5.41) is 15.5. The van der Waals surface area contributed by atoms with E-state index in [1.54, 1.807) is 24.4 Å². The van der Waals surface area contributed by atoms with E-state index >= 15 is 0 Å². The van der Waals surface area contributed by atoms with Gasteiger partial charge < -0.3 is 10.1 Å². The number of aromatic amines is 1. The molecule has 19 heavy (non-hydrogen) atoms. The van der Waals surface area contributed by atoms with E-state index in [1.165, 1.54) is 0 Å².